The van der Waals surface area contributed by atoms with Gasteiger partial charge < -0.3 is 29.5 Å². The molecule has 4 saturated heterocycles. The van der Waals surface area contributed by atoms with Crippen LogP contribution >= 0.6 is 0 Å². The number of nitrogens with zero attached hydrogens (tertiary/aromatic N) is 5. The summed E-state index contributed by atoms with van der Waals surface area (Å²) in [4.78, 5) is 41.3. The molecule has 0 bridgehead atoms. The largest absolute Gasteiger partial charge is 0.451 e. The molecular weight excluding hydrogens is 587 g/mol. The van der Waals surface area contributed by atoms with E-state index in [0.717, 1.165) is 64.8 Å². The van der Waals surface area contributed by atoms with E-state index >= 15 is 0 Å². The molecule has 4 aliphatic heterocycles. The van der Waals surface area contributed by atoms with E-state index in [1.54, 1.807) is 11.1 Å². The summed E-state index contributed by atoms with van der Waals surface area (Å²) in [5.74, 6) is 1.62. The van der Waals surface area contributed by atoms with Crippen molar-refractivity contribution in [1.82, 2.24) is 25.1 Å². The Hall–Kier alpha value is -3.31. The first kappa shape index (κ1) is 31.3. The number of likely N-dealkylation sites (tertiary alicyclic amines) is 1. The zero-order valence-electron chi connectivity index (χ0n) is 27.4. The fourth-order valence-corrected chi connectivity index (χ4v) is 8.64. The zero-order chi connectivity index (χ0) is 32.1. The Morgan fingerprint density at radius 1 is 1.15 bits per heavy atom. The Kier molecular flexibility index (Phi) is 8.20. The van der Waals surface area contributed by atoms with E-state index in [4.69, 9.17) is 9.47 Å². The maximum atomic E-state index is 14.3. The SMILES string of the molecule is CCN(C(=O)c1cc(F)ccc1Oc1cncnc1N1CC2(CCN(CC3CCC4(CC3)CC3(COC3)C(=O)N4)CC2)C1)C(C)C. The fraction of sp³-hybridized carbons (Fsp3) is 0.657. The molecule has 0 unspecified atom stereocenters. The number of carbonyl (C=O) groups is 2. The summed E-state index contributed by atoms with van der Waals surface area (Å²) < 4.78 is 26.0. The predicted octanol–water partition coefficient (Wildman–Crippen LogP) is 4.65. The van der Waals surface area contributed by atoms with Gasteiger partial charge in [-0.1, -0.05) is 0 Å². The maximum Gasteiger partial charge on any atom is 0.257 e. The van der Waals surface area contributed by atoms with Crippen LogP contribution in [0.25, 0.3) is 0 Å². The highest BCUT2D eigenvalue weighted by atomic mass is 19.1. The molecule has 0 radical (unpaired) electrons. The van der Waals surface area contributed by atoms with Crippen molar-refractivity contribution >= 4 is 17.6 Å². The van der Waals surface area contributed by atoms with Crippen molar-refractivity contribution in [3.8, 4) is 11.5 Å². The van der Waals surface area contributed by atoms with Gasteiger partial charge in [-0.05, 0) is 103 Å². The maximum absolute atomic E-state index is 14.3. The molecule has 7 rings (SSSR count). The summed E-state index contributed by atoms with van der Waals surface area (Å²) in [5.41, 5.74) is 0.213. The second-order valence-corrected chi connectivity index (χ2v) is 14.9. The second-order valence-electron chi connectivity index (χ2n) is 14.9. The topological polar surface area (TPSA) is 100 Å². The van der Waals surface area contributed by atoms with Crippen molar-refractivity contribution in [3.05, 3.63) is 42.1 Å². The molecule has 248 valence electrons. The van der Waals surface area contributed by atoms with E-state index < -0.39 is 5.82 Å². The summed E-state index contributed by atoms with van der Waals surface area (Å²) in [7, 11) is 0. The summed E-state index contributed by atoms with van der Waals surface area (Å²) in [6.45, 7) is 12.6. The zero-order valence-corrected chi connectivity index (χ0v) is 27.4. The lowest BCUT2D eigenvalue weighted by Gasteiger charge is -2.55. The van der Waals surface area contributed by atoms with E-state index in [2.05, 4.69) is 25.1 Å². The van der Waals surface area contributed by atoms with Crippen LogP contribution in [-0.2, 0) is 9.53 Å². The Balaban J connectivity index is 0.931. The Bertz CT molecular complexity index is 1460. The lowest BCUT2D eigenvalue weighted by atomic mass is 9.70. The number of halogens is 1. The van der Waals surface area contributed by atoms with Crippen LogP contribution in [0.1, 0.15) is 76.1 Å². The quantitative estimate of drug-likeness (QED) is 0.448. The normalized spacial score (nSPS) is 26.7. The van der Waals surface area contributed by atoms with Crippen molar-refractivity contribution < 1.29 is 23.5 Å². The van der Waals surface area contributed by atoms with Gasteiger partial charge in [0.15, 0.2) is 11.6 Å². The molecular formula is C35H47FN6O4. The molecule has 1 aromatic heterocycles. The molecule has 10 nitrogen and oxygen atoms in total. The van der Waals surface area contributed by atoms with Crippen LogP contribution in [0.2, 0.25) is 0 Å². The fourth-order valence-electron chi connectivity index (χ4n) is 8.64. The lowest BCUT2D eigenvalue weighted by molar-refractivity contribution is -0.155. The smallest absolute Gasteiger partial charge is 0.257 e. The minimum atomic E-state index is -0.483. The average molecular weight is 635 g/mol. The Morgan fingerprint density at radius 3 is 2.52 bits per heavy atom. The van der Waals surface area contributed by atoms with Crippen LogP contribution in [0, 0.1) is 22.6 Å². The van der Waals surface area contributed by atoms with Gasteiger partial charge in [-0.25, -0.2) is 14.4 Å². The van der Waals surface area contributed by atoms with Gasteiger partial charge in [-0.2, -0.15) is 0 Å². The summed E-state index contributed by atoms with van der Waals surface area (Å²) in [6, 6.07) is 4.04. The van der Waals surface area contributed by atoms with Crippen LogP contribution in [0.15, 0.2) is 30.7 Å². The molecule has 1 aliphatic carbocycles. The monoisotopic (exact) mass is 634 g/mol. The number of piperidine rings is 1. The summed E-state index contributed by atoms with van der Waals surface area (Å²) >= 11 is 0. The van der Waals surface area contributed by atoms with E-state index in [1.807, 2.05) is 20.8 Å². The highest BCUT2D eigenvalue weighted by molar-refractivity contribution is 5.97. The van der Waals surface area contributed by atoms with Gasteiger partial charge in [0.25, 0.3) is 5.91 Å². The number of carbonyl (C=O) groups excluding carboxylic acids is 2. The van der Waals surface area contributed by atoms with Gasteiger partial charge in [-0.3, -0.25) is 9.59 Å². The molecule has 3 spiro atoms. The third kappa shape index (κ3) is 5.74. The number of aromatic nitrogens is 2. The Labute approximate surface area is 271 Å². The van der Waals surface area contributed by atoms with Gasteiger partial charge >= 0.3 is 0 Å². The van der Waals surface area contributed by atoms with Gasteiger partial charge in [0.05, 0.1) is 30.4 Å². The van der Waals surface area contributed by atoms with Gasteiger partial charge in [0.1, 0.15) is 17.9 Å². The number of rotatable bonds is 8. The van der Waals surface area contributed by atoms with Crippen molar-refractivity contribution in [3.63, 3.8) is 0 Å². The van der Waals surface area contributed by atoms with Crippen LogP contribution in [0.4, 0.5) is 10.2 Å². The van der Waals surface area contributed by atoms with Crippen LogP contribution in [0.5, 0.6) is 11.5 Å². The lowest BCUT2D eigenvalue weighted by Crippen LogP contribution is -2.61. The van der Waals surface area contributed by atoms with E-state index in [1.165, 1.54) is 37.4 Å². The first-order chi connectivity index (χ1) is 22.1. The number of ether oxygens (including phenoxy) is 2. The molecule has 1 N–H and O–H groups in total. The molecule has 5 aliphatic rings. The standard InChI is InChI=1S/C35H47FN6O4/c1-4-42(24(2)3)31(43)27-15-26(36)5-6-28(27)46-29-16-37-23-38-30(29)41-19-33(20-41)11-13-40(14-12-33)17-25-7-9-35(10-8-25)18-34(21-45-22-34)32(44)39-35/h5-6,15-16,23-25H,4,7-14,17-22H2,1-3H3,(H,39,44). The van der Waals surface area contributed by atoms with E-state index in [9.17, 15) is 14.0 Å². The molecule has 2 aromatic rings. The van der Waals surface area contributed by atoms with Crippen molar-refractivity contribution in [2.45, 2.75) is 77.3 Å². The van der Waals surface area contributed by atoms with Crippen molar-refractivity contribution in [2.75, 3.05) is 57.4 Å². The first-order valence-electron chi connectivity index (χ1n) is 17.1. The molecule has 1 saturated carbocycles. The number of anilines is 1. The first-order valence-corrected chi connectivity index (χ1v) is 17.1. The number of amides is 2. The molecule has 0 atom stereocenters. The third-order valence-electron chi connectivity index (χ3n) is 11.4. The third-order valence-corrected chi connectivity index (χ3v) is 11.4. The van der Waals surface area contributed by atoms with Crippen molar-refractivity contribution in [1.29, 1.82) is 0 Å². The average Bonchev–Trinajstić information content (AvgIpc) is 3.31. The summed E-state index contributed by atoms with van der Waals surface area (Å²) in [5, 5.41) is 3.38. The second kappa shape index (κ2) is 12.0. The highest BCUT2D eigenvalue weighted by Gasteiger charge is 2.58. The molecule has 5 fully saturated rings. The molecule has 11 heteroatoms. The van der Waals surface area contributed by atoms with Gasteiger partial charge in [0, 0.05) is 43.2 Å². The highest BCUT2D eigenvalue weighted by Crippen LogP contribution is 2.49. The molecule has 1 aromatic carbocycles. The van der Waals surface area contributed by atoms with E-state index in [-0.39, 0.29) is 39.8 Å². The number of benzene rings is 1. The number of hydrogen-bond acceptors (Lipinski definition) is 8. The van der Waals surface area contributed by atoms with Crippen LogP contribution < -0.4 is 15.0 Å². The Morgan fingerprint density at radius 2 is 1.89 bits per heavy atom. The van der Waals surface area contributed by atoms with Gasteiger partial charge in [0.2, 0.25) is 5.91 Å². The minimum absolute atomic E-state index is 0.00000672. The predicted molar refractivity (Wildman–Crippen MR) is 171 cm³/mol. The number of hydrogen-bond donors (Lipinski definition) is 1. The van der Waals surface area contributed by atoms with E-state index in [0.29, 0.717) is 43.0 Å². The minimum Gasteiger partial charge on any atom is -0.451 e. The molecule has 46 heavy (non-hydrogen) atoms. The number of nitrogens with one attached hydrogen (secondary N) is 1. The van der Waals surface area contributed by atoms with Crippen LogP contribution in [-0.4, -0.2) is 95.6 Å². The van der Waals surface area contributed by atoms with Crippen molar-refractivity contribution in [2.24, 2.45) is 16.7 Å². The summed E-state index contributed by atoms with van der Waals surface area (Å²) in [6.07, 6.45) is 10.9. The molecule has 5 heterocycles. The van der Waals surface area contributed by atoms with Crippen LogP contribution in [0.3, 0.4) is 0 Å². The molecule has 2 amide bonds. The van der Waals surface area contributed by atoms with Gasteiger partial charge in [-0.15, -0.1) is 0 Å².